The monoisotopic (exact) mass is 605 g/mol. The number of likely N-dealkylation sites (tertiary alicyclic amines) is 1. The number of carbonyl (C=O) groups is 1. The number of nitrogens with one attached hydrogen (secondary N) is 2. The number of amides is 1. The molecule has 2 aromatic carbocycles. The Kier molecular flexibility index (Phi) is 8.27. The number of aryl methyl sites for hydroxylation is 2. The Hall–Kier alpha value is -5.16. The summed E-state index contributed by atoms with van der Waals surface area (Å²) >= 11 is 0. The second kappa shape index (κ2) is 12.4. The third kappa shape index (κ3) is 5.99. The van der Waals surface area contributed by atoms with Crippen molar-refractivity contribution in [1.82, 2.24) is 29.2 Å². The van der Waals surface area contributed by atoms with Gasteiger partial charge in [0.25, 0.3) is 0 Å². The molecule has 11 nitrogen and oxygen atoms in total. The van der Waals surface area contributed by atoms with E-state index in [9.17, 15) is 4.79 Å². The minimum Gasteiger partial charge on any atom is -0.494 e. The van der Waals surface area contributed by atoms with E-state index in [2.05, 4.69) is 62.1 Å². The van der Waals surface area contributed by atoms with Crippen molar-refractivity contribution < 1.29 is 9.53 Å². The number of rotatable bonds is 10. The molecule has 0 spiro atoms. The fourth-order valence-electron chi connectivity index (χ4n) is 6.13. The second-order valence-corrected chi connectivity index (χ2v) is 11.6. The zero-order valence-corrected chi connectivity index (χ0v) is 26.4. The van der Waals surface area contributed by atoms with Crippen LogP contribution >= 0.6 is 0 Å². The van der Waals surface area contributed by atoms with Gasteiger partial charge in [-0.1, -0.05) is 24.8 Å². The van der Waals surface area contributed by atoms with E-state index in [0.29, 0.717) is 29.1 Å². The highest BCUT2D eigenvalue weighted by Crippen LogP contribution is 2.40. The predicted molar refractivity (Wildman–Crippen MR) is 180 cm³/mol. The summed E-state index contributed by atoms with van der Waals surface area (Å²) in [5.41, 5.74) is 6.73. The first-order valence-electron chi connectivity index (χ1n) is 15.0. The zero-order valence-electron chi connectivity index (χ0n) is 26.4. The number of hydrogen-bond acceptors (Lipinski definition) is 8. The van der Waals surface area contributed by atoms with E-state index < -0.39 is 0 Å². The number of methoxy groups -OCH3 is 1. The predicted octanol–water partition coefficient (Wildman–Crippen LogP) is 5.44. The molecule has 1 amide bonds. The van der Waals surface area contributed by atoms with Crippen LogP contribution in [0.2, 0.25) is 0 Å². The van der Waals surface area contributed by atoms with E-state index >= 15 is 0 Å². The molecule has 45 heavy (non-hydrogen) atoms. The molecule has 4 heterocycles. The van der Waals surface area contributed by atoms with Gasteiger partial charge in [0, 0.05) is 86.0 Å². The Labute approximate surface area is 263 Å². The van der Waals surface area contributed by atoms with Gasteiger partial charge in [0.05, 0.1) is 36.1 Å². The number of para-hydroxylation sites is 1. The van der Waals surface area contributed by atoms with Gasteiger partial charge in [-0.3, -0.25) is 9.48 Å². The second-order valence-electron chi connectivity index (χ2n) is 11.6. The highest BCUT2D eigenvalue weighted by Gasteiger charge is 2.25. The normalized spacial score (nSPS) is 14.9. The van der Waals surface area contributed by atoms with E-state index in [1.165, 1.54) is 12.5 Å². The molecular weight excluding hydrogens is 566 g/mol. The van der Waals surface area contributed by atoms with Crippen molar-refractivity contribution in [2.75, 3.05) is 49.8 Å². The Morgan fingerprint density at radius 1 is 1.13 bits per heavy atom. The van der Waals surface area contributed by atoms with Gasteiger partial charge >= 0.3 is 0 Å². The Morgan fingerprint density at radius 2 is 1.96 bits per heavy atom. The molecule has 0 aliphatic carbocycles. The van der Waals surface area contributed by atoms with Crippen molar-refractivity contribution in [2.24, 2.45) is 14.1 Å². The van der Waals surface area contributed by atoms with Crippen molar-refractivity contribution in [1.29, 1.82) is 0 Å². The summed E-state index contributed by atoms with van der Waals surface area (Å²) in [5, 5.41) is 11.8. The Balaban J connectivity index is 1.42. The van der Waals surface area contributed by atoms with E-state index in [1.807, 2.05) is 64.0 Å². The molecule has 2 N–H and O–H groups in total. The lowest BCUT2D eigenvalue weighted by atomic mass is 10.0. The third-order valence-electron chi connectivity index (χ3n) is 8.53. The lowest BCUT2D eigenvalue weighted by molar-refractivity contribution is -0.111. The maximum Gasteiger partial charge on any atom is 0.247 e. The molecule has 1 saturated heterocycles. The highest BCUT2D eigenvalue weighted by molar-refractivity contribution is 6.02. The largest absolute Gasteiger partial charge is 0.494 e. The maximum absolute atomic E-state index is 12.5. The van der Waals surface area contributed by atoms with Crippen LogP contribution in [0.1, 0.15) is 12.8 Å². The molecule has 11 heteroatoms. The number of anilines is 4. The van der Waals surface area contributed by atoms with Crippen LogP contribution in [-0.4, -0.2) is 75.5 Å². The Morgan fingerprint density at radius 3 is 2.67 bits per heavy atom. The van der Waals surface area contributed by atoms with Crippen LogP contribution < -0.4 is 20.3 Å². The number of carbonyl (C=O) groups excluding carboxylic acids is 1. The number of nitrogens with zero attached hydrogens (tertiary/aromatic N) is 7. The maximum atomic E-state index is 12.5. The van der Waals surface area contributed by atoms with Crippen molar-refractivity contribution in [3.05, 3.63) is 73.8 Å². The van der Waals surface area contributed by atoms with Gasteiger partial charge in [0.15, 0.2) is 0 Å². The van der Waals surface area contributed by atoms with Gasteiger partial charge < -0.3 is 29.7 Å². The molecule has 0 bridgehead atoms. The zero-order chi connectivity index (χ0) is 31.7. The number of aromatic nitrogens is 5. The molecule has 0 radical (unpaired) electrons. The third-order valence-corrected chi connectivity index (χ3v) is 8.53. The summed E-state index contributed by atoms with van der Waals surface area (Å²) in [4.78, 5) is 26.8. The van der Waals surface area contributed by atoms with Crippen molar-refractivity contribution in [2.45, 2.75) is 18.9 Å². The number of benzene rings is 2. The van der Waals surface area contributed by atoms with Gasteiger partial charge in [-0.2, -0.15) is 5.10 Å². The topological polar surface area (TPSA) is 105 Å². The molecule has 5 aromatic rings. The summed E-state index contributed by atoms with van der Waals surface area (Å²) in [7, 11) is 9.74. The van der Waals surface area contributed by atoms with Crippen molar-refractivity contribution in [3.8, 4) is 28.1 Å². The van der Waals surface area contributed by atoms with E-state index in [-0.39, 0.29) is 5.91 Å². The Bertz CT molecular complexity index is 1880. The van der Waals surface area contributed by atoms with Crippen LogP contribution in [0, 0.1) is 0 Å². The fourth-order valence-corrected chi connectivity index (χ4v) is 6.13. The fraction of sp³-hybridized carbons (Fsp3) is 0.294. The van der Waals surface area contributed by atoms with Crippen LogP contribution in [0.15, 0.2) is 73.8 Å². The SMILES string of the molecule is C=CC(=O)Nc1cc(Nc2ncc(-c3cnn(C)c3)c(-c3cn(C)c4ccccc34)n2)c(OC)cc1N(C)CC1CCCN1C. The average Bonchev–Trinajstić information content (AvgIpc) is 3.75. The lowest BCUT2D eigenvalue weighted by Crippen LogP contribution is -2.37. The molecular formula is C34H39N9O2. The molecule has 6 rings (SSSR count). The van der Waals surface area contributed by atoms with Crippen LogP contribution in [0.4, 0.5) is 23.0 Å². The van der Waals surface area contributed by atoms with Crippen LogP contribution in [-0.2, 0) is 18.9 Å². The number of likely N-dealkylation sites (N-methyl/N-ethyl adjacent to an activating group) is 2. The quantitative estimate of drug-likeness (QED) is 0.203. The molecule has 1 aliphatic rings. The average molecular weight is 606 g/mol. The molecule has 1 aliphatic heterocycles. The van der Waals surface area contributed by atoms with Crippen molar-refractivity contribution >= 4 is 39.8 Å². The first-order valence-corrected chi connectivity index (χ1v) is 15.0. The summed E-state index contributed by atoms with van der Waals surface area (Å²) in [6, 6.07) is 12.5. The smallest absolute Gasteiger partial charge is 0.247 e. The van der Waals surface area contributed by atoms with Gasteiger partial charge in [0.2, 0.25) is 11.9 Å². The molecule has 232 valence electrons. The lowest BCUT2D eigenvalue weighted by Gasteiger charge is -2.29. The number of ether oxygens (including phenoxy) is 1. The van der Waals surface area contributed by atoms with Gasteiger partial charge in [0.1, 0.15) is 5.75 Å². The van der Waals surface area contributed by atoms with E-state index in [4.69, 9.17) is 14.7 Å². The van der Waals surface area contributed by atoms with E-state index in [1.54, 1.807) is 11.8 Å². The minimum atomic E-state index is -0.297. The summed E-state index contributed by atoms with van der Waals surface area (Å²) in [6.07, 6.45) is 11.3. The van der Waals surface area contributed by atoms with Crippen molar-refractivity contribution in [3.63, 3.8) is 0 Å². The van der Waals surface area contributed by atoms with E-state index in [0.717, 1.165) is 58.5 Å². The molecule has 0 saturated carbocycles. The number of hydrogen-bond donors (Lipinski definition) is 2. The van der Waals surface area contributed by atoms with Gasteiger partial charge in [-0.25, -0.2) is 9.97 Å². The van der Waals surface area contributed by atoms with Gasteiger partial charge in [-0.05, 0) is 44.6 Å². The highest BCUT2D eigenvalue weighted by atomic mass is 16.5. The van der Waals surface area contributed by atoms with Crippen LogP contribution in [0.5, 0.6) is 5.75 Å². The van der Waals surface area contributed by atoms with Crippen LogP contribution in [0.25, 0.3) is 33.3 Å². The van der Waals surface area contributed by atoms with Gasteiger partial charge in [-0.15, -0.1) is 0 Å². The standard InChI is InChI=1S/C34H39N9O2/c1-7-32(44)37-27-15-28(31(45-6)16-30(27)41(3)20-23-11-10-14-40(23)2)38-34-35-18-25(22-17-36-43(5)19-22)33(39-34)26-21-42(4)29-13-9-8-12-24(26)29/h7-9,12-13,15-19,21,23H,1,10-11,14,20H2,2-6H3,(H,37,44)(H,35,38,39). The van der Waals surface area contributed by atoms with Crippen LogP contribution in [0.3, 0.4) is 0 Å². The summed E-state index contributed by atoms with van der Waals surface area (Å²) < 4.78 is 9.72. The molecule has 3 aromatic heterocycles. The number of fused-ring (bicyclic) bond motifs is 1. The molecule has 1 unspecified atom stereocenters. The first-order chi connectivity index (χ1) is 21.7. The first kappa shape index (κ1) is 29.9. The molecule has 1 fully saturated rings. The summed E-state index contributed by atoms with van der Waals surface area (Å²) in [5.74, 6) is 0.687. The molecule has 1 atom stereocenters. The minimum absolute atomic E-state index is 0.297. The summed E-state index contributed by atoms with van der Waals surface area (Å²) in [6.45, 7) is 5.55.